The molecule has 0 saturated carbocycles. The Hall–Kier alpha value is -3.85. The number of ether oxygens (including phenoxy) is 1. The Labute approximate surface area is 191 Å². The fourth-order valence-electron chi connectivity index (χ4n) is 3.73. The van der Waals surface area contributed by atoms with E-state index in [1.165, 1.54) is 17.3 Å². The summed E-state index contributed by atoms with van der Waals surface area (Å²) in [7, 11) is 1.65. The van der Waals surface area contributed by atoms with Gasteiger partial charge in [0.2, 0.25) is 0 Å². The summed E-state index contributed by atoms with van der Waals surface area (Å²) in [5.41, 5.74) is 8.99. The first-order chi connectivity index (χ1) is 15.8. The molecule has 33 heavy (non-hydrogen) atoms. The number of carbonyl (C=O) groups excluding carboxylic acids is 1. The second-order valence-corrected chi connectivity index (χ2v) is 7.52. The third-order valence-corrected chi connectivity index (χ3v) is 5.18. The van der Waals surface area contributed by atoms with Crippen LogP contribution in [0.1, 0.15) is 42.2 Å². The lowest BCUT2D eigenvalue weighted by atomic mass is 9.95. The van der Waals surface area contributed by atoms with Crippen molar-refractivity contribution in [3.63, 3.8) is 0 Å². The molecule has 0 bridgehead atoms. The molecule has 2 aromatic carbocycles. The average molecular weight is 454 g/mol. The minimum atomic E-state index is -0.716. The van der Waals surface area contributed by atoms with E-state index in [2.05, 4.69) is 5.10 Å². The van der Waals surface area contributed by atoms with Gasteiger partial charge in [0.1, 0.15) is 5.56 Å². The molecule has 8 nitrogen and oxygen atoms in total. The Kier molecular flexibility index (Phi) is 7.34. The van der Waals surface area contributed by atoms with Crippen molar-refractivity contribution in [1.29, 1.82) is 0 Å². The first-order valence-electron chi connectivity index (χ1n) is 10.6. The Balaban J connectivity index is 2.19. The Morgan fingerprint density at radius 1 is 1.30 bits per heavy atom. The van der Waals surface area contributed by atoms with Gasteiger partial charge in [0.25, 0.3) is 0 Å². The number of rotatable bonds is 8. The topological polar surface area (TPSA) is 120 Å². The molecule has 0 aliphatic rings. The van der Waals surface area contributed by atoms with Crippen molar-refractivity contribution in [3.8, 4) is 22.6 Å². The lowest BCUT2D eigenvalue weighted by Crippen LogP contribution is -2.24. The highest BCUT2D eigenvalue weighted by Crippen LogP contribution is 2.33. The molecule has 0 spiro atoms. The van der Waals surface area contributed by atoms with Gasteiger partial charge in [-0.05, 0) is 37.1 Å². The van der Waals surface area contributed by atoms with Gasteiger partial charge in [0, 0.05) is 30.4 Å². The van der Waals surface area contributed by atoms with Gasteiger partial charge in [-0.3, -0.25) is 0 Å². The van der Waals surface area contributed by atoms with E-state index in [1.54, 1.807) is 61.3 Å². The predicted octanol–water partition coefficient (Wildman–Crippen LogP) is 3.66. The average Bonchev–Trinajstić information content (AvgIpc) is 3.21. The molecule has 9 heteroatoms. The van der Waals surface area contributed by atoms with E-state index in [1.807, 2.05) is 6.92 Å². The minimum absolute atomic E-state index is 0.212. The zero-order valence-electron chi connectivity index (χ0n) is 18.8. The Morgan fingerprint density at radius 3 is 2.70 bits per heavy atom. The molecule has 3 rings (SSSR count). The number of allylic oxidation sites excluding steroid dienone is 1. The molecule has 5 N–H and O–H groups in total. The third-order valence-electron chi connectivity index (χ3n) is 5.18. The summed E-state index contributed by atoms with van der Waals surface area (Å²) < 4.78 is 21.4. The van der Waals surface area contributed by atoms with Gasteiger partial charge in [-0.2, -0.15) is 5.10 Å². The molecule has 0 radical (unpaired) electrons. The number of esters is 1. The molecule has 0 amide bonds. The maximum Gasteiger partial charge on any atom is 0.341 e. The van der Waals surface area contributed by atoms with Crippen molar-refractivity contribution in [3.05, 3.63) is 77.6 Å². The van der Waals surface area contributed by atoms with E-state index in [-0.39, 0.29) is 23.7 Å². The van der Waals surface area contributed by atoms with Crippen molar-refractivity contribution in [2.75, 3.05) is 13.7 Å². The molecule has 0 aliphatic carbocycles. The zero-order chi connectivity index (χ0) is 24.1. The molecule has 1 unspecified atom stereocenters. The van der Waals surface area contributed by atoms with Gasteiger partial charge in [-0.15, -0.1) is 0 Å². The van der Waals surface area contributed by atoms with Gasteiger partial charge in [-0.1, -0.05) is 31.2 Å². The summed E-state index contributed by atoms with van der Waals surface area (Å²) in [6.45, 7) is 3.88. The van der Waals surface area contributed by atoms with Crippen molar-refractivity contribution >= 4 is 5.97 Å². The van der Waals surface area contributed by atoms with E-state index < -0.39 is 17.5 Å². The monoisotopic (exact) mass is 453 g/mol. The van der Waals surface area contributed by atoms with Crippen LogP contribution in [-0.4, -0.2) is 39.5 Å². The number of aromatic hydroxyl groups is 1. The summed E-state index contributed by atoms with van der Waals surface area (Å²) in [4.78, 5) is 12.7. The highest BCUT2D eigenvalue weighted by molar-refractivity contribution is 5.91. The molecule has 0 saturated heterocycles. The predicted molar refractivity (Wildman–Crippen MR) is 124 cm³/mol. The molecule has 174 valence electrons. The molecular weight excluding hydrogens is 425 g/mol. The summed E-state index contributed by atoms with van der Waals surface area (Å²) in [5, 5.41) is 15.5. The number of phenolic OH excluding ortho intramolecular Hbond substituents is 1. The van der Waals surface area contributed by atoms with Crippen LogP contribution in [0.3, 0.4) is 0 Å². The largest absolute Gasteiger partial charge is 0.505 e. The summed E-state index contributed by atoms with van der Waals surface area (Å²) in [5.74, 6) is 3.70. The lowest BCUT2D eigenvalue weighted by molar-refractivity contribution is 0.0524. The Bertz CT molecular complexity index is 1170. The summed E-state index contributed by atoms with van der Waals surface area (Å²) in [6, 6.07) is 11.4. The van der Waals surface area contributed by atoms with Crippen molar-refractivity contribution in [2.45, 2.75) is 26.2 Å². The molecule has 0 fully saturated rings. The van der Waals surface area contributed by atoms with Gasteiger partial charge in [0.05, 0.1) is 24.2 Å². The smallest absolute Gasteiger partial charge is 0.341 e. The Morgan fingerprint density at radius 2 is 2.03 bits per heavy atom. The number of halogens is 1. The quantitative estimate of drug-likeness (QED) is 0.270. The van der Waals surface area contributed by atoms with E-state index in [4.69, 9.17) is 16.3 Å². The number of aromatic nitrogens is 2. The fourth-order valence-corrected chi connectivity index (χ4v) is 3.73. The van der Waals surface area contributed by atoms with E-state index in [9.17, 15) is 14.3 Å². The highest BCUT2D eigenvalue weighted by atomic mass is 19.1. The number of benzene rings is 2. The first-order valence-corrected chi connectivity index (χ1v) is 10.6. The third kappa shape index (κ3) is 4.98. The number of nitrogens with zero attached hydrogens (tertiary/aromatic N) is 3. The fraction of sp³-hybridized carbons (Fsp3) is 0.250. The standard InChI is InChI=1S/C24H28FN5O3/c1-4-17(20(26)14-29(3)27)23-19(24(32)33-5-2)13-28-30(23)16-9-6-8-15(12-16)18-10-7-11-21(31)22(18)25/h6-14,17,31H,4-5,26-27H2,1-3H3/b20-14-. The molecule has 1 atom stereocenters. The van der Waals surface area contributed by atoms with E-state index in [0.29, 0.717) is 29.1 Å². The molecule has 1 aromatic heterocycles. The first kappa shape index (κ1) is 23.8. The number of hydrogen-bond donors (Lipinski definition) is 3. The van der Waals surface area contributed by atoms with Crippen LogP contribution >= 0.6 is 0 Å². The van der Waals surface area contributed by atoms with E-state index in [0.717, 1.165) is 0 Å². The zero-order valence-corrected chi connectivity index (χ0v) is 18.8. The van der Waals surface area contributed by atoms with Crippen LogP contribution in [0.15, 0.2) is 60.6 Å². The van der Waals surface area contributed by atoms with Gasteiger partial charge >= 0.3 is 5.97 Å². The summed E-state index contributed by atoms with van der Waals surface area (Å²) >= 11 is 0. The second kappa shape index (κ2) is 10.2. The second-order valence-electron chi connectivity index (χ2n) is 7.52. The van der Waals surface area contributed by atoms with Crippen LogP contribution in [-0.2, 0) is 4.74 Å². The molecule has 1 heterocycles. The summed E-state index contributed by atoms with van der Waals surface area (Å²) in [6.07, 6.45) is 3.59. The van der Waals surface area contributed by atoms with Crippen LogP contribution in [0.5, 0.6) is 5.75 Å². The molecule has 0 aliphatic heterocycles. The van der Waals surface area contributed by atoms with E-state index >= 15 is 0 Å². The number of hydrazine groups is 1. The van der Waals surface area contributed by atoms with Gasteiger partial charge < -0.3 is 20.6 Å². The van der Waals surface area contributed by atoms with Crippen molar-refractivity contribution < 1.29 is 19.0 Å². The molecule has 3 aromatic rings. The SMILES string of the molecule is CCOC(=O)c1cnn(-c2cccc(-c3cccc(O)c3F)c2)c1C(CC)/C(N)=C/N(C)N. The van der Waals surface area contributed by atoms with Gasteiger partial charge in [-0.25, -0.2) is 19.7 Å². The molecular formula is C24H28FN5O3. The van der Waals surface area contributed by atoms with Gasteiger partial charge in [0.15, 0.2) is 11.6 Å². The van der Waals surface area contributed by atoms with Crippen LogP contribution < -0.4 is 11.6 Å². The van der Waals surface area contributed by atoms with Crippen LogP contribution in [0.25, 0.3) is 16.8 Å². The number of carbonyl (C=O) groups is 1. The van der Waals surface area contributed by atoms with Crippen LogP contribution in [0.2, 0.25) is 0 Å². The van der Waals surface area contributed by atoms with Crippen molar-refractivity contribution in [2.24, 2.45) is 11.6 Å². The lowest BCUT2D eigenvalue weighted by Gasteiger charge is -2.21. The van der Waals surface area contributed by atoms with Crippen molar-refractivity contribution in [1.82, 2.24) is 14.8 Å². The number of phenols is 1. The normalized spacial score (nSPS) is 12.5. The number of hydrogen-bond acceptors (Lipinski definition) is 7. The highest BCUT2D eigenvalue weighted by Gasteiger charge is 2.27. The minimum Gasteiger partial charge on any atom is -0.505 e. The van der Waals surface area contributed by atoms with Crippen LogP contribution in [0.4, 0.5) is 4.39 Å². The maximum absolute atomic E-state index is 14.5. The number of nitrogens with two attached hydrogens (primary N) is 2. The van der Waals surface area contributed by atoms with Crippen LogP contribution in [0, 0.1) is 5.82 Å². The maximum atomic E-state index is 14.5.